The van der Waals surface area contributed by atoms with E-state index in [1.54, 1.807) is 12.5 Å². The number of aromatic nitrogens is 1. The van der Waals surface area contributed by atoms with Crippen molar-refractivity contribution >= 4 is 5.97 Å². The third kappa shape index (κ3) is 2.61. The number of hydrogen-bond acceptors (Lipinski definition) is 4. The second-order valence-corrected chi connectivity index (χ2v) is 4.30. The number of aliphatic carboxylic acids is 1. The monoisotopic (exact) mass is 224 g/mol. The molecule has 0 amide bonds. The quantitative estimate of drug-likeness (QED) is 0.787. The van der Waals surface area contributed by atoms with Crippen LogP contribution < -0.4 is 5.32 Å². The molecule has 1 aliphatic rings. The molecular formula is C11H16N2O3. The van der Waals surface area contributed by atoms with Crippen molar-refractivity contribution in [2.75, 3.05) is 6.54 Å². The van der Waals surface area contributed by atoms with Crippen LogP contribution in [0.4, 0.5) is 0 Å². The van der Waals surface area contributed by atoms with Crippen LogP contribution in [-0.2, 0) is 11.3 Å². The highest BCUT2D eigenvalue weighted by Gasteiger charge is 2.32. The Morgan fingerprint density at radius 3 is 3.19 bits per heavy atom. The molecule has 5 nitrogen and oxygen atoms in total. The van der Waals surface area contributed by atoms with Crippen molar-refractivity contribution in [2.24, 2.45) is 11.8 Å². The average molecular weight is 224 g/mol. The second kappa shape index (κ2) is 5.12. The first-order valence-electron chi connectivity index (χ1n) is 5.59. The first kappa shape index (κ1) is 11.1. The maximum absolute atomic E-state index is 11.0. The number of hydrogen-bond donors (Lipinski definition) is 2. The van der Waals surface area contributed by atoms with Crippen LogP contribution in [0, 0.1) is 11.8 Å². The van der Waals surface area contributed by atoms with Crippen molar-refractivity contribution in [3.63, 3.8) is 0 Å². The highest BCUT2D eigenvalue weighted by Crippen LogP contribution is 2.31. The SMILES string of the molecule is O=C(O)C1CCCC1CNCc1cnoc1. The van der Waals surface area contributed by atoms with Gasteiger partial charge in [-0.25, -0.2) is 0 Å². The van der Waals surface area contributed by atoms with Gasteiger partial charge in [-0.1, -0.05) is 11.6 Å². The van der Waals surface area contributed by atoms with Crippen LogP contribution in [0.3, 0.4) is 0 Å². The number of carboxylic acid groups (broad SMARTS) is 1. The zero-order valence-corrected chi connectivity index (χ0v) is 9.06. The summed E-state index contributed by atoms with van der Waals surface area (Å²) in [7, 11) is 0. The minimum Gasteiger partial charge on any atom is -0.481 e. The molecule has 2 N–H and O–H groups in total. The van der Waals surface area contributed by atoms with E-state index in [2.05, 4.69) is 10.5 Å². The van der Waals surface area contributed by atoms with Gasteiger partial charge >= 0.3 is 5.97 Å². The minimum atomic E-state index is -0.658. The summed E-state index contributed by atoms with van der Waals surface area (Å²) in [6, 6.07) is 0. The normalized spacial score (nSPS) is 24.8. The van der Waals surface area contributed by atoms with Crippen molar-refractivity contribution < 1.29 is 14.4 Å². The molecule has 0 spiro atoms. The Kier molecular flexibility index (Phi) is 3.56. The molecule has 0 bridgehead atoms. The summed E-state index contributed by atoms with van der Waals surface area (Å²) in [5.41, 5.74) is 0.991. The molecule has 1 aliphatic carbocycles. The molecule has 16 heavy (non-hydrogen) atoms. The van der Waals surface area contributed by atoms with E-state index in [9.17, 15) is 4.79 Å². The number of nitrogens with one attached hydrogen (secondary N) is 1. The lowest BCUT2D eigenvalue weighted by Crippen LogP contribution is -2.28. The molecule has 1 heterocycles. The molecule has 0 aromatic carbocycles. The zero-order valence-electron chi connectivity index (χ0n) is 9.06. The summed E-state index contributed by atoms with van der Waals surface area (Å²) >= 11 is 0. The summed E-state index contributed by atoms with van der Waals surface area (Å²) in [5, 5.41) is 15.9. The largest absolute Gasteiger partial charge is 0.481 e. The maximum Gasteiger partial charge on any atom is 0.306 e. The zero-order chi connectivity index (χ0) is 11.4. The van der Waals surface area contributed by atoms with E-state index in [1.165, 1.54) is 0 Å². The number of carboxylic acids is 1. The standard InChI is InChI=1S/C11H16N2O3/c14-11(15)10-3-1-2-9(10)6-12-4-8-5-13-16-7-8/h5,7,9-10,12H,1-4,6H2,(H,14,15). The van der Waals surface area contributed by atoms with Gasteiger partial charge in [0.05, 0.1) is 12.1 Å². The van der Waals surface area contributed by atoms with E-state index >= 15 is 0 Å². The van der Waals surface area contributed by atoms with E-state index < -0.39 is 5.97 Å². The molecular weight excluding hydrogens is 208 g/mol. The smallest absolute Gasteiger partial charge is 0.306 e. The van der Waals surface area contributed by atoms with Crippen LogP contribution in [0.15, 0.2) is 17.0 Å². The number of rotatable bonds is 5. The molecule has 2 rings (SSSR count). The van der Waals surface area contributed by atoms with Crippen LogP contribution in [0.25, 0.3) is 0 Å². The van der Waals surface area contributed by atoms with Crippen LogP contribution in [-0.4, -0.2) is 22.8 Å². The molecule has 1 saturated carbocycles. The van der Waals surface area contributed by atoms with Gasteiger partial charge in [-0.05, 0) is 25.3 Å². The molecule has 88 valence electrons. The van der Waals surface area contributed by atoms with Gasteiger partial charge in [0.25, 0.3) is 0 Å². The van der Waals surface area contributed by atoms with Gasteiger partial charge in [0.15, 0.2) is 0 Å². The molecule has 2 unspecified atom stereocenters. The molecule has 1 aromatic rings. The summed E-state index contributed by atoms with van der Waals surface area (Å²) in [6.45, 7) is 1.44. The lowest BCUT2D eigenvalue weighted by Gasteiger charge is -2.15. The molecule has 0 radical (unpaired) electrons. The van der Waals surface area contributed by atoms with E-state index in [-0.39, 0.29) is 11.8 Å². The van der Waals surface area contributed by atoms with Crippen LogP contribution in [0.2, 0.25) is 0 Å². The lowest BCUT2D eigenvalue weighted by atomic mass is 9.96. The van der Waals surface area contributed by atoms with Crippen molar-refractivity contribution in [2.45, 2.75) is 25.8 Å². The van der Waals surface area contributed by atoms with Gasteiger partial charge in [-0.2, -0.15) is 0 Å². The van der Waals surface area contributed by atoms with Gasteiger partial charge in [0.1, 0.15) is 6.26 Å². The maximum atomic E-state index is 11.0. The number of nitrogens with zero attached hydrogens (tertiary/aromatic N) is 1. The average Bonchev–Trinajstić information content (AvgIpc) is 2.87. The van der Waals surface area contributed by atoms with E-state index in [4.69, 9.17) is 9.63 Å². The van der Waals surface area contributed by atoms with Crippen LogP contribution in [0.5, 0.6) is 0 Å². The summed E-state index contributed by atoms with van der Waals surface area (Å²) in [4.78, 5) is 11.0. The molecule has 1 aromatic heterocycles. The van der Waals surface area contributed by atoms with Crippen molar-refractivity contribution in [1.29, 1.82) is 0 Å². The fourth-order valence-electron chi connectivity index (χ4n) is 2.32. The van der Waals surface area contributed by atoms with Crippen LogP contribution in [0.1, 0.15) is 24.8 Å². The summed E-state index contributed by atoms with van der Waals surface area (Å²) in [6.07, 6.45) is 6.10. The first-order valence-corrected chi connectivity index (χ1v) is 5.59. The van der Waals surface area contributed by atoms with E-state index in [1.807, 2.05) is 0 Å². The summed E-state index contributed by atoms with van der Waals surface area (Å²) in [5.74, 6) is -0.568. The van der Waals surface area contributed by atoms with Gasteiger partial charge in [-0.3, -0.25) is 4.79 Å². The Morgan fingerprint density at radius 1 is 1.62 bits per heavy atom. The fourth-order valence-corrected chi connectivity index (χ4v) is 2.32. The molecule has 2 atom stereocenters. The highest BCUT2D eigenvalue weighted by atomic mass is 16.5. The van der Waals surface area contributed by atoms with Gasteiger partial charge < -0.3 is 14.9 Å². The Balaban J connectivity index is 1.75. The van der Waals surface area contributed by atoms with Gasteiger partial charge in [-0.15, -0.1) is 0 Å². The third-order valence-electron chi connectivity index (χ3n) is 3.20. The van der Waals surface area contributed by atoms with Gasteiger partial charge in [0, 0.05) is 12.1 Å². The first-order chi connectivity index (χ1) is 7.77. The molecule has 1 fully saturated rings. The van der Waals surface area contributed by atoms with Crippen molar-refractivity contribution in [1.82, 2.24) is 10.5 Å². The second-order valence-electron chi connectivity index (χ2n) is 4.30. The molecule has 0 saturated heterocycles. The van der Waals surface area contributed by atoms with E-state index in [0.29, 0.717) is 6.54 Å². The predicted octanol–water partition coefficient (Wildman–Crippen LogP) is 1.27. The Bertz CT molecular complexity index is 337. The fraction of sp³-hybridized carbons (Fsp3) is 0.636. The Morgan fingerprint density at radius 2 is 2.50 bits per heavy atom. The van der Waals surface area contributed by atoms with Gasteiger partial charge in [0.2, 0.25) is 0 Å². The topological polar surface area (TPSA) is 75.4 Å². The summed E-state index contributed by atoms with van der Waals surface area (Å²) < 4.78 is 4.71. The Hall–Kier alpha value is -1.36. The minimum absolute atomic E-state index is 0.171. The van der Waals surface area contributed by atoms with Crippen molar-refractivity contribution in [3.05, 3.63) is 18.0 Å². The lowest BCUT2D eigenvalue weighted by molar-refractivity contribution is -0.142. The third-order valence-corrected chi connectivity index (χ3v) is 3.20. The number of carbonyl (C=O) groups is 1. The van der Waals surface area contributed by atoms with E-state index in [0.717, 1.165) is 31.4 Å². The highest BCUT2D eigenvalue weighted by molar-refractivity contribution is 5.70. The van der Waals surface area contributed by atoms with Crippen molar-refractivity contribution in [3.8, 4) is 0 Å². The molecule has 0 aliphatic heterocycles. The molecule has 5 heteroatoms. The predicted molar refractivity (Wildman–Crippen MR) is 56.7 cm³/mol. The Labute approximate surface area is 93.8 Å². The van der Waals surface area contributed by atoms with Crippen LogP contribution >= 0.6 is 0 Å².